The molecule has 0 spiro atoms. The lowest BCUT2D eigenvalue weighted by molar-refractivity contribution is -0.147. The van der Waals surface area contributed by atoms with Gasteiger partial charge in [-0.1, -0.05) is 31.4 Å². The summed E-state index contributed by atoms with van der Waals surface area (Å²) in [5, 5.41) is 3.37. The van der Waals surface area contributed by atoms with Crippen molar-refractivity contribution in [3.63, 3.8) is 0 Å². The molecule has 1 aliphatic heterocycles. The first-order chi connectivity index (χ1) is 12.2. The van der Waals surface area contributed by atoms with E-state index in [1.165, 1.54) is 37.7 Å². The summed E-state index contributed by atoms with van der Waals surface area (Å²) in [5.41, 5.74) is 0.944. The highest BCUT2D eigenvalue weighted by Crippen LogP contribution is 2.41. The minimum absolute atomic E-state index is 0.259. The van der Waals surface area contributed by atoms with Crippen LogP contribution in [0.1, 0.15) is 50.5 Å². The summed E-state index contributed by atoms with van der Waals surface area (Å²) in [7, 11) is 1.70. The van der Waals surface area contributed by atoms with Crippen LogP contribution in [-0.2, 0) is 11.2 Å². The fourth-order valence-corrected chi connectivity index (χ4v) is 4.66. The van der Waals surface area contributed by atoms with Gasteiger partial charge in [0, 0.05) is 25.2 Å². The van der Waals surface area contributed by atoms with Crippen LogP contribution < -0.4 is 10.1 Å². The van der Waals surface area contributed by atoms with Crippen molar-refractivity contribution in [3.05, 3.63) is 29.8 Å². The lowest BCUT2D eigenvalue weighted by Gasteiger charge is -2.54. The van der Waals surface area contributed by atoms with Gasteiger partial charge in [-0.3, -0.25) is 9.69 Å². The molecular formula is C21H30N2O2. The van der Waals surface area contributed by atoms with Crippen molar-refractivity contribution in [1.29, 1.82) is 0 Å². The first kappa shape index (κ1) is 16.9. The Morgan fingerprint density at radius 2 is 1.96 bits per heavy atom. The fourth-order valence-electron chi connectivity index (χ4n) is 4.66. The van der Waals surface area contributed by atoms with Gasteiger partial charge in [0.1, 0.15) is 5.75 Å². The summed E-state index contributed by atoms with van der Waals surface area (Å²) in [6.45, 7) is 1.82. The molecule has 2 saturated carbocycles. The SMILES string of the molecule is COc1cccc(CC2(C(=O)NC3CCCC3)CN(C3CCC3)C2)c1. The largest absolute Gasteiger partial charge is 0.497 e. The van der Waals surface area contributed by atoms with Gasteiger partial charge < -0.3 is 10.1 Å². The number of hydrogen-bond acceptors (Lipinski definition) is 3. The number of methoxy groups -OCH3 is 1. The zero-order valence-electron chi connectivity index (χ0n) is 15.3. The van der Waals surface area contributed by atoms with Gasteiger partial charge in [0.05, 0.1) is 12.5 Å². The molecular weight excluding hydrogens is 312 g/mol. The van der Waals surface area contributed by atoms with E-state index in [2.05, 4.69) is 22.3 Å². The third-order valence-electron chi connectivity index (χ3n) is 6.45. The lowest BCUT2D eigenvalue weighted by atomic mass is 9.71. The molecule has 136 valence electrons. The van der Waals surface area contributed by atoms with E-state index in [0.29, 0.717) is 6.04 Å². The first-order valence-corrected chi connectivity index (χ1v) is 9.86. The van der Waals surface area contributed by atoms with Crippen molar-refractivity contribution in [2.75, 3.05) is 20.2 Å². The maximum atomic E-state index is 13.2. The predicted molar refractivity (Wildman–Crippen MR) is 98.7 cm³/mol. The Bertz CT molecular complexity index is 614. The molecule has 1 aromatic rings. The molecule has 0 radical (unpaired) electrons. The summed E-state index contributed by atoms with van der Waals surface area (Å²) < 4.78 is 5.36. The number of ether oxygens (including phenoxy) is 1. The highest BCUT2D eigenvalue weighted by molar-refractivity contribution is 5.85. The molecule has 1 amide bonds. The van der Waals surface area contributed by atoms with Crippen LogP contribution in [0.25, 0.3) is 0 Å². The highest BCUT2D eigenvalue weighted by atomic mass is 16.5. The molecule has 1 N–H and O–H groups in total. The van der Waals surface area contributed by atoms with Crippen LogP contribution in [0.15, 0.2) is 24.3 Å². The van der Waals surface area contributed by atoms with E-state index in [-0.39, 0.29) is 11.3 Å². The Morgan fingerprint density at radius 3 is 2.60 bits per heavy atom. The monoisotopic (exact) mass is 342 g/mol. The van der Waals surface area contributed by atoms with E-state index in [1.54, 1.807) is 7.11 Å². The Labute approximate surface area is 150 Å². The molecule has 0 unspecified atom stereocenters. The summed E-state index contributed by atoms with van der Waals surface area (Å²) >= 11 is 0. The van der Waals surface area contributed by atoms with Crippen molar-refractivity contribution in [2.45, 2.75) is 63.5 Å². The maximum absolute atomic E-state index is 13.2. The van der Waals surface area contributed by atoms with Crippen molar-refractivity contribution in [1.82, 2.24) is 10.2 Å². The molecule has 25 heavy (non-hydrogen) atoms. The van der Waals surface area contributed by atoms with Gasteiger partial charge >= 0.3 is 0 Å². The molecule has 1 heterocycles. The topological polar surface area (TPSA) is 41.6 Å². The molecule has 4 heteroatoms. The van der Waals surface area contributed by atoms with E-state index in [9.17, 15) is 4.79 Å². The van der Waals surface area contributed by atoms with E-state index < -0.39 is 0 Å². The standard InChI is InChI=1S/C21H30N2O2/c1-25-19-11-4-6-16(12-19)13-21(14-23(15-21)18-9-5-10-18)20(24)22-17-7-2-3-8-17/h4,6,11-12,17-18H,2-3,5,7-10,13-15H2,1H3,(H,22,24). The van der Waals surface area contributed by atoms with Gasteiger partial charge in [-0.15, -0.1) is 0 Å². The molecule has 0 aromatic heterocycles. The number of carbonyl (C=O) groups is 1. The number of carbonyl (C=O) groups excluding carboxylic acids is 1. The lowest BCUT2D eigenvalue weighted by Crippen LogP contribution is -2.68. The normalized spacial score (nSPS) is 23.7. The summed E-state index contributed by atoms with van der Waals surface area (Å²) in [4.78, 5) is 15.7. The maximum Gasteiger partial charge on any atom is 0.229 e. The van der Waals surface area contributed by atoms with Crippen molar-refractivity contribution < 1.29 is 9.53 Å². The van der Waals surface area contributed by atoms with Crippen LogP contribution in [0.3, 0.4) is 0 Å². The number of nitrogens with one attached hydrogen (secondary N) is 1. The van der Waals surface area contributed by atoms with Crippen LogP contribution in [0, 0.1) is 5.41 Å². The smallest absolute Gasteiger partial charge is 0.229 e. The highest BCUT2D eigenvalue weighted by Gasteiger charge is 2.51. The van der Waals surface area contributed by atoms with E-state index in [4.69, 9.17) is 4.74 Å². The van der Waals surface area contributed by atoms with Crippen LogP contribution in [0.5, 0.6) is 5.75 Å². The molecule has 3 fully saturated rings. The molecule has 0 atom stereocenters. The second-order valence-electron chi connectivity index (χ2n) is 8.25. The van der Waals surface area contributed by atoms with Gasteiger partial charge in [-0.05, 0) is 49.8 Å². The molecule has 2 aliphatic carbocycles. The van der Waals surface area contributed by atoms with Crippen molar-refractivity contribution in [3.8, 4) is 5.75 Å². The third kappa shape index (κ3) is 3.41. The van der Waals surface area contributed by atoms with Crippen molar-refractivity contribution >= 4 is 5.91 Å². The molecule has 0 bridgehead atoms. The molecule has 4 nitrogen and oxygen atoms in total. The van der Waals surface area contributed by atoms with Crippen LogP contribution in [0.4, 0.5) is 0 Å². The average molecular weight is 342 g/mol. The van der Waals surface area contributed by atoms with Crippen LogP contribution >= 0.6 is 0 Å². The number of rotatable bonds is 6. The Balaban J connectivity index is 1.48. The third-order valence-corrected chi connectivity index (χ3v) is 6.45. The van der Waals surface area contributed by atoms with Crippen LogP contribution in [0.2, 0.25) is 0 Å². The van der Waals surface area contributed by atoms with E-state index in [0.717, 1.165) is 44.1 Å². The summed E-state index contributed by atoms with van der Waals surface area (Å²) in [6, 6.07) is 9.32. The molecule has 3 aliphatic rings. The van der Waals surface area contributed by atoms with E-state index in [1.807, 2.05) is 12.1 Å². The summed E-state index contributed by atoms with van der Waals surface area (Å²) in [6.07, 6.45) is 9.56. The number of likely N-dealkylation sites (tertiary alicyclic amines) is 1. The number of hydrogen-bond donors (Lipinski definition) is 1. The number of nitrogens with zero attached hydrogens (tertiary/aromatic N) is 1. The molecule has 4 rings (SSSR count). The zero-order valence-corrected chi connectivity index (χ0v) is 15.3. The van der Waals surface area contributed by atoms with Gasteiger partial charge in [0.2, 0.25) is 5.91 Å². The minimum Gasteiger partial charge on any atom is -0.497 e. The Morgan fingerprint density at radius 1 is 1.20 bits per heavy atom. The second-order valence-corrected chi connectivity index (χ2v) is 8.25. The molecule has 1 aromatic carbocycles. The summed E-state index contributed by atoms with van der Waals surface area (Å²) in [5.74, 6) is 1.15. The van der Waals surface area contributed by atoms with Gasteiger partial charge in [-0.2, -0.15) is 0 Å². The van der Waals surface area contributed by atoms with Gasteiger partial charge in [-0.25, -0.2) is 0 Å². The van der Waals surface area contributed by atoms with Crippen molar-refractivity contribution in [2.24, 2.45) is 5.41 Å². The zero-order chi connectivity index (χ0) is 17.3. The first-order valence-electron chi connectivity index (χ1n) is 9.86. The quantitative estimate of drug-likeness (QED) is 0.863. The second kappa shape index (κ2) is 6.99. The molecule has 1 saturated heterocycles. The fraction of sp³-hybridized carbons (Fsp3) is 0.667. The average Bonchev–Trinajstić information content (AvgIpc) is 3.04. The Hall–Kier alpha value is -1.55. The van der Waals surface area contributed by atoms with Crippen LogP contribution in [-0.4, -0.2) is 43.1 Å². The van der Waals surface area contributed by atoms with Gasteiger partial charge in [0.15, 0.2) is 0 Å². The number of benzene rings is 1. The van der Waals surface area contributed by atoms with Gasteiger partial charge in [0.25, 0.3) is 0 Å². The Kier molecular flexibility index (Phi) is 4.72. The predicted octanol–water partition coefficient (Wildman–Crippen LogP) is 3.15. The minimum atomic E-state index is -0.259. The van der Waals surface area contributed by atoms with E-state index >= 15 is 0 Å². The number of amides is 1.